The van der Waals surface area contributed by atoms with E-state index in [1.54, 1.807) is 0 Å². The molecule has 1 N–H and O–H groups in total. The van der Waals surface area contributed by atoms with Crippen molar-refractivity contribution in [2.24, 2.45) is 23.7 Å². The molecule has 1 aliphatic heterocycles. The van der Waals surface area contributed by atoms with Crippen LogP contribution in [0.15, 0.2) is 0 Å². The first-order valence-electron chi connectivity index (χ1n) is 6.66. The van der Waals surface area contributed by atoms with Crippen molar-refractivity contribution < 1.29 is 19.5 Å². The van der Waals surface area contributed by atoms with Crippen molar-refractivity contribution in [3.05, 3.63) is 0 Å². The summed E-state index contributed by atoms with van der Waals surface area (Å²) < 4.78 is 0. The summed E-state index contributed by atoms with van der Waals surface area (Å²) >= 11 is 0. The van der Waals surface area contributed by atoms with Crippen molar-refractivity contribution in [2.75, 3.05) is 6.54 Å². The van der Waals surface area contributed by atoms with Gasteiger partial charge in [-0.2, -0.15) is 0 Å². The molecular weight excluding hydrogens is 234 g/mol. The van der Waals surface area contributed by atoms with E-state index in [0.717, 1.165) is 19.3 Å². The fourth-order valence-corrected chi connectivity index (χ4v) is 4.08. The van der Waals surface area contributed by atoms with Crippen LogP contribution in [0.4, 0.5) is 0 Å². The topological polar surface area (TPSA) is 74.7 Å². The monoisotopic (exact) mass is 251 g/mol. The molecule has 98 valence electrons. The van der Waals surface area contributed by atoms with Gasteiger partial charge in [0.05, 0.1) is 11.8 Å². The molecule has 3 fully saturated rings. The average Bonchev–Trinajstić information content (AvgIpc) is 2.97. The minimum absolute atomic E-state index is 0.0131. The van der Waals surface area contributed by atoms with E-state index in [1.165, 1.54) is 4.90 Å². The van der Waals surface area contributed by atoms with Crippen LogP contribution in [0.2, 0.25) is 0 Å². The number of carbonyl (C=O) groups excluding carboxylic acids is 2. The highest BCUT2D eigenvalue weighted by Gasteiger charge is 2.60. The van der Waals surface area contributed by atoms with Gasteiger partial charge >= 0.3 is 5.97 Å². The molecule has 0 aromatic heterocycles. The lowest BCUT2D eigenvalue weighted by Gasteiger charge is -2.19. The molecule has 18 heavy (non-hydrogen) atoms. The van der Waals surface area contributed by atoms with Gasteiger partial charge in [-0.3, -0.25) is 19.3 Å². The highest BCUT2D eigenvalue weighted by Crippen LogP contribution is 2.56. The third kappa shape index (κ3) is 1.56. The Morgan fingerprint density at radius 2 is 1.72 bits per heavy atom. The number of hydrogen-bond donors (Lipinski definition) is 1. The van der Waals surface area contributed by atoms with Crippen LogP contribution in [-0.4, -0.2) is 34.3 Å². The molecule has 4 unspecified atom stereocenters. The van der Waals surface area contributed by atoms with Gasteiger partial charge in [0.25, 0.3) is 0 Å². The molecule has 0 radical (unpaired) electrons. The predicted molar refractivity (Wildman–Crippen MR) is 61.4 cm³/mol. The largest absolute Gasteiger partial charge is 0.481 e. The van der Waals surface area contributed by atoms with Crippen molar-refractivity contribution in [3.8, 4) is 0 Å². The van der Waals surface area contributed by atoms with Crippen molar-refractivity contribution in [1.82, 2.24) is 4.90 Å². The molecule has 1 saturated heterocycles. The number of nitrogens with zero attached hydrogens (tertiary/aromatic N) is 1. The molecule has 4 atom stereocenters. The van der Waals surface area contributed by atoms with Crippen LogP contribution in [0.3, 0.4) is 0 Å². The van der Waals surface area contributed by atoms with Crippen LogP contribution in [0.25, 0.3) is 0 Å². The quantitative estimate of drug-likeness (QED) is 0.753. The van der Waals surface area contributed by atoms with Crippen molar-refractivity contribution in [2.45, 2.75) is 32.1 Å². The van der Waals surface area contributed by atoms with E-state index in [2.05, 4.69) is 0 Å². The minimum Gasteiger partial charge on any atom is -0.481 e. The van der Waals surface area contributed by atoms with E-state index in [-0.39, 0.29) is 36.6 Å². The number of fused-ring (bicyclic) bond motifs is 5. The van der Waals surface area contributed by atoms with Crippen molar-refractivity contribution in [1.29, 1.82) is 0 Å². The fourth-order valence-electron chi connectivity index (χ4n) is 4.08. The number of imide groups is 1. The Bertz CT molecular complexity index is 391. The smallest absolute Gasteiger partial charge is 0.303 e. The van der Waals surface area contributed by atoms with Gasteiger partial charge in [-0.15, -0.1) is 0 Å². The highest BCUT2D eigenvalue weighted by molar-refractivity contribution is 6.06. The molecule has 1 heterocycles. The Hall–Kier alpha value is -1.39. The first kappa shape index (κ1) is 11.7. The standard InChI is InChI=1S/C13H17NO4/c15-9(16)2-1-5-14-12(17)10-7-3-4-8(6-7)11(10)13(14)18/h7-8,10-11H,1-6H2,(H,15,16). The summed E-state index contributed by atoms with van der Waals surface area (Å²) in [6.07, 6.45) is 3.57. The molecule has 2 aliphatic carbocycles. The first-order valence-corrected chi connectivity index (χ1v) is 6.66. The third-order valence-electron chi connectivity index (χ3n) is 4.79. The Kier molecular flexibility index (Phi) is 2.64. The SMILES string of the molecule is O=C(O)CCCN1C(=O)C2C3CCC(C3)C2C1=O. The van der Waals surface area contributed by atoms with Gasteiger partial charge in [-0.05, 0) is 37.5 Å². The molecule has 2 bridgehead atoms. The first-order chi connectivity index (χ1) is 8.59. The maximum Gasteiger partial charge on any atom is 0.303 e. The molecule has 0 aromatic rings. The van der Waals surface area contributed by atoms with E-state index in [4.69, 9.17) is 5.11 Å². The van der Waals surface area contributed by atoms with Gasteiger partial charge < -0.3 is 5.11 Å². The zero-order valence-corrected chi connectivity index (χ0v) is 10.2. The van der Waals surface area contributed by atoms with Crippen molar-refractivity contribution >= 4 is 17.8 Å². The third-order valence-corrected chi connectivity index (χ3v) is 4.79. The molecule has 2 amide bonds. The van der Waals surface area contributed by atoms with Crippen LogP contribution < -0.4 is 0 Å². The number of carboxylic acids is 1. The van der Waals surface area contributed by atoms with Gasteiger partial charge in [-0.25, -0.2) is 0 Å². The van der Waals surface area contributed by atoms with Gasteiger partial charge in [0.15, 0.2) is 0 Å². The van der Waals surface area contributed by atoms with Crippen LogP contribution >= 0.6 is 0 Å². The molecule has 5 nitrogen and oxygen atoms in total. The van der Waals surface area contributed by atoms with Gasteiger partial charge in [0.2, 0.25) is 11.8 Å². The number of amides is 2. The van der Waals surface area contributed by atoms with Gasteiger partial charge in [-0.1, -0.05) is 0 Å². The van der Waals surface area contributed by atoms with Crippen LogP contribution in [-0.2, 0) is 14.4 Å². The maximum atomic E-state index is 12.2. The van der Waals surface area contributed by atoms with E-state index >= 15 is 0 Å². The minimum atomic E-state index is -0.880. The van der Waals surface area contributed by atoms with Crippen molar-refractivity contribution in [3.63, 3.8) is 0 Å². The number of likely N-dealkylation sites (tertiary alicyclic amines) is 1. The lowest BCUT2D eigenvalue weighted by atomic mass is 9.81. The molecule has 0 spiro atoms. The Labute approximate surface area is 105 Å². The summed E-state index contributed by atoms with van der Waals surface area (Å²) in [5.74, 6) is -0.316. The Morgan fingerprint density at radius 1 is 1.17 bits per heavy atom. The molecule has 0 aromatic carbocycles. The maximum absolute atomic E-state index is 12.2. The number of aliphatic carboxylic acids is 1. The zero-order valence-electron chi connectivity index (χ0n) is 10.2. The van der Waals surface area contributed by atoms with Crippen LogP contribution in [0.1, 0.15) is 32.1 Å². The number of hydrogen-bond acceptors (Lipinski definition) is 3. The molecule has 3 aliphatic rings. The molecule has 5 heteroatoms. The van der Waals surface area contributed by atoms with E-state index in [0.29, 0.717) is 18.3 Å². The lowest BCUT2D eigenvalue weighted by Crippen LogP contribution is -2.33. The molecule has 3 rings (SSSR count). The molecule has 2 saturated carbocycles. The number of rotatable bonds is 4. The summed E-state index contributed by atoms with van der Waals surface area (Å²) in [6, 6.07) is 0. The second kappa shape index (κ2) is 4.07. The normalized spacial score (nSPS) is 37.4. The van der Waals surface area contributed by atoms with Crippen LogP contribution in [0.5, 0.6) is 0 Å². The van der Waals surface area contributed by atoms with Gasteiger partial charge in [0, 0.05) is 13.0 Å². The second-order valence-corrected chi connectivity index (χ2v) is 5.71. The van der Waals surface area contributed by atoms with E-state index < -0.39 is 5.97 Å². The summed E-state index contributed by atoms with van der Waals surface area (Å²) in [5.41, 5.74) is 0. The number of carbonyl (C=O) groups is 3. The lowest BCUT2D eigenvalue weighted by molar-refractivity contribution is -0.142. The van der Waals surface area contributed by atoms with Crippen LogP contribution in [0, 0.1) is 23.7 Å². The van der Waals surface area contributed by atoms with E-state index in [9.17, 15) is 14.4 Å². The average molecular weight is 251 g/mol. The summed E-state index contributed by atoms with van der Waals surface area (Å²) in [6.45, 7) is 0.274. The Morgan fingerprint density at radius 3 is 2.22 bits per heavy atom. The van der Waals surface area contributed by atoms with E-state index in [1.807, 2.05) is 0 Å². The second-order valence-electron chi connectivity index (χ2n) is 5.71. The molecular formula is C13H17NO4. The summed E-state index contributed by atoms with van der Waals surface area (Å²) in [7, 11) is 0. The predicted octanol–water partition coefficient (Wildman–Crippen LogP) is 0.882. The summed E-state index contributed by atoms with van der Waals surface area (Å²) in [5, 5.41) is 8.59. The van der Waals surface area contributed by atoms with Gasteiger partial charge in [0.1, 0.15) is 0 Å². The highest BCUT2D eigenvalue weighted by atomic mass is 16.4. The zero-order chi connectivity index (χ0) is 12.9. The fraction of sp³-hybridized carbons (Fsp3) is 0.769. The summed E-state index contributed by atoms with van der Waals surface area (Å²) in [4.78, 5) is 36.2. The Balaban J connectivity index is 1.69. The number of carboxylic acid groups (broad SMARTS) is 1.